The molecule has 0 aromatic heterocycles. The first-order valence-corrected chi connectivity index (χ1v) is 25.3. The quantitative estimate of drug-likeness (QED) is 0.0325. The molecule has 0 atom stereocenters. The fourth-order valence-electron chi connectivity index (χ4n) is 6.58. The Balaban J connectivity index is 0.000000307. The maximum Gasteiger partial charge on any atom is 0.488 e. The monoisotopic (exact) mass is 969 g/mol. The summed E-state index contributed by atoms with van der Waals surface area (Å²) in [5.74, 6) is 0. The van der Waals surface area contributed by atoms with Crippen molar-refractivity contribution in [2.45, 2.75) is 125 Å². The second kappa shape index (κ2) is 37.1. The van der Waals surface area contributed by atoms with Crippen LogP contribution < -0.4 is 16.5 Å². The fourth-order valence-corrected chi connectivity index (χ4v) is 6.84. The summed E-state index contributed by atoms with van der Waals surface area (Å²) in [5, 5.41) is 20.8. The molecular weight excluding hydrogens is 891 g/mol. The molecule has 6 aromatic rings. The number of benzene rings is 6. The summed E-state index contributed by atoms with van der Waals surface area (Å²) < 4.78 is 1.16. The highest BCUT2D eigenvalue weighted by molar-refractivity contribution is 9.10. The standard InChI is InChI=1S/C21H29N.C17H18O.C10H13Br.C7H7BO3.C4H11N/c1-3-5-7-18-8-12-20(13-9-18)21-14-10-19(11-15-21)17-22-16-6-4-2;1-2-3-4-14-5-9-16(10-6-14)17-11-7-15(13-18)8-12-17;1-2-3-4-9-5-7-10(11)8-6-9;9-5-6-1-3-7(4-2-6)8(10)11;1-2-3-4-5/h8-15,22H,3-7,16-17H2,1-2H3;5-13H,2-4H2,1H3;5-8H,2-4H2,1H3;1-5,10-11H;2-5H2,1H3. The van der Waals surface area contributed by atoms with Gasteiger partial charge in [0, 0.05) is 22.1 Å². The van der Waals surface area contributed by atoms with E-state index in [4.69, 9.17) is 15.8 Å². The van der Waals surface area contributed by atoms with Crippen LogP contribution in [-0.2, 0) is 25.8 Å². The van der Waals surface area contributed by atoms with Gasteiger partial charge in [0.15, 0.2) is 0 Å². The van der Waals surface area contributed by atoms with Crippen LogP contribution in [0.3, 0.4) is 0 Å². The summed E-state index contributed by atoms with van der Waals surface area (Å²) in [6.45, 7) is 14.0. The van der Waals surface area contributed by atoms with Gasteiger partial charge in [0.25, 0.3) is 0 Å². The molecule has 8 heteroatoms. The van der Waals surface area contributed by atoms with E-state index in [-0.39, 0.29) is 0 Å². The summed E-state index contributed by atoms with van der Waals surface area (Å²) in [7, 11) is -1.46. The van der Waals surface area contributed by atoms with Crippen molar-refractivity contribution in [2.24, 2.45) is 5.73 Å². The highest BCUT2D eigenvalue weighted by Crippen LogP contribution is 2.22. The molecule has 0 saturated heterocycles. The normalized spacial score (nSPS) is 10.1. The van der Waals surface area contributed by atoms with E-state index in [1.54, 1.807) is 0 Å². The smallest absolute Gasteiger partial charge is 0.423 e. The van der Waals surface area contributed by atoms with Crippen molar-refractivity contribution in [3.8, 4) is 22.3 Å². The molecular formula is C59H78BBrN2O4. The van der Waals surface area contributed by atoms with Crippen LogP contribution in [0.2, 0.25) is 0 Å². The van der Waals surface area contributed by atoms with Gasteiger partial charge in [-0.2, -0.15) is 0 Å². The number of aldehydes is 2. The third kappa shape index (κ3) is 25.7. The van der Waals surface area contributed by atoms with Gasteiger partial charge in [-0.3, -0.25) is 9.59 Å². The second-order valence-corrected chi connectivity index (χ2v) is 17.5. The molecule has 0 spiro atoms. The summed E-state index contributed by atoms with van der Waals surface area (Å²) in [5.41, 5.74) is 17.4. The molecule has 0 amide bonds. The molecule has 0 fully saturated rings. The van der Waals surface area contributed by atoms with E-state index >= 15 is 0 Å². The van der Waals surface area contributed by atoms with Gasteiger partial charge in [0.05, 0.1) is 0 Å². The maximum atomic E-state index is 10.6. The lowest BCUT2D eigenvalue weighted by Gasteiger charge is -2.07. The zero-order chi connectivity index (χ0) is 48.9. The Labute approximate surface area is 413 Å². The molecule has 6 aromatic carbocycles. The van der Waals surface area contributed by atoms with Gasteiger partial charge < -0.3 is 21.1 Å². The number of halogens is 1. The molecule has 0 aliphatic heterocycles. The molecule has 0 radical (unpaired) electrons. The van der Waals surface area contributed by atoms with Crippen LogP contribution >= 0.6 is 15.9 Å². The minimum absolute atomic E-state index is 0.385. The number of hydrogen-bond acceptors (Lipinski definition) is 6. The number of nitrogens with one attached hydrogen (secondary N) is 1. The Morgan fingerprint density at radius 2 is 0.791 bits per heavy atom. The van der Waals surface area contributed by atoms with Crippen LogP contribution in [0.1, 0.15) is 142 Å². The van der Waals surface area contributed by atoms with Gasteiger partial charge in [0.1, 0.15) is 12.6 Å². The first-order chi connectivity index (χ1) is 32.6. The third-order valence-corrected chi connectivity index (χ3v) is 11.4. The van der Waals surface area contributed by atoms with Gasteiger partial charge in [-0.1, -0.05) is 216 Å². The van der Waals surface area contributed by atoms with Crippen LogP contribution in [0.25, 0.3) is 22.3 Å². The van der Waals surface area contributed by atoms with E-state index in [1.807, 2.05) is 24.3 Å². The molecule has 0 unspecified atom stereocenters. The minimum atomic E-state index is -1.46. The van der Waals surface area contributed by atoms with Gasteiger partial charge in [-0.05, 0) is 127 Å². The lowest BCUT2D eigenvalue weighted by Crippen LogP contribution is -2.29. The Hall–Kier alpha value is -4.96. The van der Waals surface area contributed by atoms with Crippen LogP contribution in [0.15, 0.2) is 150 Å². The molecule has 0 bridgehead atoms. The zero-order valence-corrected chi connectivity index (χ0v) is 42.7. The van der Waals surface area contributed by atoms with E-state index < -0.39 is 7.12 Å². The largest absolute Gasteiger partial charge is 0.488 e. The molecule has 0 heterocycles. The van der Waals surface area contributed by atoms with Crippen molar-refractivity contribution in [3.63, 3.8) is 0 Å². The second-order valence-electron chi connectivity index (χ2n) is 16.6. The number of rotatable bonds is 21. The number of carbonyl (C=O) groups is 2. The van der Waals surface area contributed by atoms with Crippen molar-refractivity contribution >= 4 is 41.1 Å². The Bertz CT molecular complexity index is 2120. The zero-order valence-electron chi connectivity index (χ0n) is 41.1. The van der Waals surface area contributed by atoms with Crippen molar-refractivity contribution in [1.82, 2.24) is 5.32 Å². The average molecular weight is 970 g/mol. The number of unbranched alkanes of at least 4 members (excludes halogenated alkanes) is 5. The number of nitrogens with two attached hydrogens (primary N) is 1. The Morgan fingerprint density at radius 3 is 1.10 bits per heavy atom. The van der Waals surface area contributed by atoms with Crippen LogP contribution in [0, 0.1) is 0 Å². The van der Waals surface area contributed by atoms with E-state index in [9.17, 15) is 9.59 Å². The van der Waals surface area contributed by atoms with Gasteiger partial charge in [-0.25, -0.2) is 0 Å². The highest BCUT2D eigenvalue weighted by atomic mass is 79.9. The highest BCUT2D eigenvalue weighted by Gasteiger charge is 2.09. The van der Waals surface area contributed by atoms with Gasteiger partial charge >= 0.3 is 7.12 Å². The SMILES string of the molecule is CCCCN.CCCCNCc1ccc(-c2ccc(CCCC)cc2)cc1.CCCCc1ccc(-c2ccc(C=O)cc2)cc1.CCCCc1ccc(Br)cc1.O=Cc1ccc(B(O)O)cc1. The van der Waals surface area contributed by atoms with Gasteiger partial charge in [-0.15, -0.1) is 0 Å². The topological polar surface area (TPSA) is 113 Å². The first kappa shape index (κ1) is 58.2. The summed E-state index contributed by atoms with van der Waals surface area (Å²) in [4.78, 5) is 20.8. The molecule has 358 valence electrons. The van der Waals surface area contributed by atoms with E-state index in [0.29, 0.717) is 17.3 Å². The molecule has 6 nitrogen and oxygen atoms in total. The average Bonchev–Trinajstić information content (AvgIpc) is 3.38. The third-order valence-electron chi connectivity index (χ3n) is 10.9. The Morgan fingerprint density at radius 1 is 0.463 bits per heavy atom. The molecule has 0 aliphatic carbocycles. The van der Waals surface area contributed by atoms with Crippen molar-refractivity contribution in [1.29, 1.82) is 0 Å². The molecule has 0 aliphatic rings. The van der Waals surface area contributed by atoms with E-state index in [2.05, 4.69) is 153 Å². The Kier molecular flexibility index (Phi) is 32.2. The predicted molar refractivity (Wildman–Crippen MR) is 291 cm³/mol. The fraction of sp³-hybridized carbons (Fsp3) is 0.356. The molecule has 6 rings (SSSR count). The molecule has 5 N–H and O–H groups in total. The predicted octanol–water partition coefficient (Wildman–Crippen LogP) is 13.8. The van der Waals surface area contributed by atoms with Crippen LogP contribution in [0.5, 0.6) is 0 Å². The minimum Gasteiger partial charge on any atom is -0.423 e. The first-order valence-electron chi connectivity index (χ1n) is 24.5. The summed E-state index contributed by atoms with van der Waals surface area (Å²) >= 11 is 3.41. The maximum absolute atomic E-state index is 10.6. The number of hydrogen-bond donors (Lipinski definition) is 4. The number of aryl methyl sites for hydroxylation is 3. The van der Waals surface area contributed by atoms with Crippen molar-refractivity contribution < 1.29 is 19.6 Å². The molecule has 0 saturated carbocycles. The van der Waals surface area contributed by atoms with Crippen LogP contribution in [-0.4, -0.2) is 42.8 Å². The summed E-state index contributed by atoms with van der Waals surface area (Å²) in [6, 6.07) is 49.0. The lowest BCUT2D eigenvalue weighted by atomic mass is 9.80. The van der Waals surface area contributed by atoms with E-state index in [0.717, 1.165) is 47.9 Å². The van der Waals surface area contributed by atoms with Gasteiger partial charge in [0.2, 0.25) is 0 Å². The molecule has 67 heavy (non-hydrogen) atoms. The summed E-state index contributed by atoms with van der Waals surface area (Å²) in [6.07, 6.45) is 17.6. The number of carbonyl (C=O) groups excluding carboxylic acids is 2. The van der Waals surface area contributed by atoms with Crippen molar-refractivity contribution in [3.05, 3.63) is 183 Å². The van der Waals surface area contributed by atoms with Crippen LogP contribution in [0.4, 0.5) is 0 Å². The van der Waals surface area contributed by atoms with E-state index in [1.165, 1.54) is 140 Å². The van der Waals surface area contributed by atoms with Crippen molar-refractivity contribution in [2.75, 3.05) is 13.1 Å². The lowest BCUT2D eigenvalue weighted by molar-refractivity contribution is 0.111.